The molecular formula is C28H43F3N4O4S. The Morgan fingerprint density at radius 2 is 1.82 bits per heavy atom. The van der Waals surface area contributed by atoms with Crippen LogP contribution in [0.15, 0.2) is 18.2 Å². The Labute approximate surface area is 236 Å². The number of benzene rings is 1. The molecule has 0 bridgehead atoms. The zero-order valence-electron chi connectivity index (χ0n) is 24.2. The number of amides is 2. The summed E-state index contributed by atoms with van der Waals surface area (Å²) in [4.78, 5) is 31.1. The molecule has 0 unspecified atom stereocenters. The first-order valence-corrected chi connectivity index (χ1v) is 15.6. The first-order chi connectivity index (χ1) is 18.6. The van der Waals surface area contributed by atoms with E-state index in [0.717, 1.165) is 38.2 Å². The summed E-state index contributed by atoms with van der Waals surface area (Å²) in [5.41, 5.74) is -5.65. The van der Waals surface area contributed by atoms with Crippen LogP contribution in [-0.4, -0.2) is 73.3 Å². The molecule has 12 heteroatoms. The second-order valence-corrected chi connectivity index (χ2v) is 13.4. The van der Waals surface area contributed by atoms with Gasteiger partial charge in [-0.15, -0.1) is 0 Å². The van der Waals surface area contributed by atoms with Gasteiger partial charge in [0, 0.05) is 24.7 Å². The van der Waals surface area contributed by atoms with Crippen LogP contribution in [0.2, 0.25) is 0 Å². The molecule has 3 rings (SSSR count). The normalized spacial score (nSPS) is 24.3. The molecule has 1 aliphatic carbocycles. The maximum atomic E-state index is 13.5. The van der Waals surface area contributed by atoms with Gasteiger partial charge in [0.1, 0.15) is 6.04 Å². The van der Waals surface area contributed by atoms with Crippen LogP contribution in [-0.2, 0) is 14.8 Å². The van der Waals surface area contributed by atoms with Gasteiger partial charge >= 0.3 is 15.5 Å². The van der Waals surface area contributed by atoms with Crippen molar-refractivity contribution in [3.63, 3.8) is 0 Å². The van der Waals surface area contributed by atoms with Gasteiger partial charge in [-0.05, 0) is 82.5 Å². The molecule has 1 heterocycles. The van der Waals surface area contributed by atoms with Crippen molar-refractivity contribution in [3.05, 3.63) is 29.3 Å². The van der Waals surface area contributed by atoms with Gasteiger partial charge in [0.25, 0.3) is 5.91 Å². The number of likely N-dealkylation sites (tertiary alicyclic amines) is 1. The smallest absolute Gasteiger partial charge is 0.340 e. The van der Waals surface area contributed by atoms with E-state index in [1.165, 1.54) is 16.9 Å². The molecule has 1 aromatic rings. The first-order valence-electron chi connectivity index (χ1n) is 14.1. The number of carbonyl (C=O) groups excluding carboxylic acids is 2. The molecule has 2 N–H and O–H groups in total. The molecule has 0 aromatic heterocycles. The molecule has 2 fully saturated rings. The van der Waals surface area contributed by atoms with Crippen LogP contribution in [0.3, 0.4) is 0 Å². The highest BCUT2D eigenvalue weighted by molar-refractivity contribution is 7.93. The summed E-state index contributed by atoms with van der Waals surface area (Å²) in [5.74, 6) is -0.722. The summed E-state index contributed by atoms with van der Waals surface area (Å²) in [6, 6.07) is 4.11. The number of anilines is 1. The van der Waals surface area contributed by atoms with E-state index in [4.69, 9.17) is 0 Å². The SMILES string of the molecule is CCC[C@@H]1C[C@H](N(C)C(C)C)CC[C@@H]1N1CC[C@H](NC(=O)c2cc(C(C)C)ccc2NS(=O)(=O)C(F)(F)F)C1=O. The van der Waals surface area contributed by atoms with E-state index in [1.807, 2.05) is 18.7 Å². The number of nitrogens with one attached hydrogen (secondary N) is 2. The van der Waals surface area contributed by atoms with Gasteiger partial charge in [0.15, 0.2) is 0 Å². The largest absolute Gasteiger partial charge is 0.516 e. The number of hydrogen-bond donors (Lipinski definition) is 2. The van der Waals surface area contributed by atoms with Crippen LogP contribution in [0.1, 0.15) is 95.0 Å². The Hall–Kier alpha value is -2.34. The van der Waals surface area contributed by atoms with E-state index in [-0.39, 0.29) is 23.4 Å². The summed E-state index contributed by atoms with van der Waals surface area (Å²) in [7, 11) is -3.60. The monoisotopic (exact) mass is 588 g/mol. The van der Waals surface area contributed by atoms with Crippen molar-refractivity contribution in [1.82, 2.24) is 15.1 Å². The number of sulfonamides is 1. The topological polar surface area (TPSA) is 98.8 Å². The Kier molecular flexibility index (Phi) is 10.2. The lowest BCUT2D eigenvalue weighted by atomic mass is 9.77. The van der Waals surface area contributed by atoms with Crippen molar-refractivity contribution in [2.45, 2.75) is 109 Å². The second-order valence-electron chi connectivity index (χ2n) is 11.7. The van der Waals surface area contributed by atoms with Crippen LogP contribution in [0.25, 0.3) is 0 Å². The van der Waals surface area contributed by atoms with Gasteiger partial charge in [0.2, 0.25) is 5.91 Å². The number of halogens is 3. The Balaban J connectivity index is 1.79. The third-order valence-corrected chi connectivity index (χ3v) is 9.51. The fourth-order valence-electron chi connectivity index (χ4n) is 5.91. The average Bonchev–Trinajstić information content (AvgIpc) is 3.22. The molecule has 226 valence electrons. The standard InChI is InChI=1S/C28H43F3N4O4S/c1-7-8-20-15-21(34(6)18(4)5)10-12-25(20)35-14-13-24(27(35)37)32-26(36)22-16-19(17(2)3)9-11-23(22)33-40(38,39)28(29,30)31/h9,11,16-18,20-21,24-25,33H,7-8,10,12-15H2,1-6H3,(H,32,36)/t20-,21-,24+,25+/m1/s1. The summed E-state index contributed by atoms with van der Waals surface area (Å²) in [6.07, 6.45) is 5.23. The molecule has 0 spiro atoms. The van der Waals surface area contributed by atoms with Crippen molar-refractivity contribution in [1.29, 1.82) is 0 Å². The van der Waals surface area contributed by atoms with Crippen molar-refractivity contribution >= 4 is 27.5 Å². The van der Waals surface area contributed by atoms with Gasteiger partial charge in [-0.25, -0.2) is 0 Å². The number of hydrogen-bond acceptors (Lipinski definition) is 5. The molecule has 2 aliphatic rings. The molecule has 2 amide bonds. The van der Waals surface area contributed by atoms with E-state index in [2.05, 4.69) is 38.0 Å². The lowest BCUT2D eigenvalue weighted by Crippen LogP contribution is -2.51. The maximum absolute atomic E-state index is 13.5. The third kappa shape index (κ3) is 7.10. The molecule has 40 heavy (non-hydrogen) atoms. The quantitative estimate of drug-likeness (QED) is 0.397. The highest BCUT2D eigenvalue weighted by Gasteiger charge is 2.47. The van der Waals surface area contributed by atoms with Crippen molar-refractivity contribution in [2.24, 2.45) is 5.92 Å². The third-order valence-electron chi connectivity index (χ3n) is 8.41. The van der Waals surface area contributed by atoms with Gasteiger partial charge in [0.05, 0.1) is 11.3 Å². The van der Waals surface area contributed by atoms with Crippen LogP contribution >= 0.6 is 0 Å². The molecule has 8 nitrogen and oxygen atoms in total. The Morgan fingerprint density at radius 1 is 1.15 bits per heavy atom. The zero-order valence-corrected chi connectivity index (χ0v) is 25.0. The summed E-state index contributed by atoms with van der Waals surface area (Å²) in [5, 5.41) is 2.68. The van der Waals surface area contributed by atoms with Crippen LogP contribution in [0.4, 0.5) is 18.9 Å². The molecule has 4 atom stereocenters. The van der Waals surface area contributed by atoms with E-state index >= 15 is 0 Å². The lowest BCUT2D eigenvalue weighted by molar-refractivity contribution is -0.133. The van der Waals surface area contributed by atoms with Crippen LogP contribution in [0, 0.1) is 5.92 Å². The fraction of sp³-hybridized carbons (Fsp3) is 0.714. The molecular weight excluding hydrogens is 545 g/mol. The Bertz CT molecular complexity index is 1170. The van der Waals surface area contributed by atoms with Crippen LogP contribution < -0.4 is 10.0 Å². The molecule has 1 aromatic carbocycles. The summed E-state index contributed by atoms with van der Waals surface area (Å²) in [6.45, 7) is 10.7. The average molecular weight is 589 g/mol. The number of alkyl halides is 3. The second kappa shape index (κ2) is 12.7. The minimum absolute atomic E-state index is 0.0659. The lowest BCUT2D eigenvalue weighted by Gasteiger charge is -2.44. The van der Waals surface area contributed by atoms with Crippen molar-refractivity contribution in [3.8, 4) is 0 Å². The summed E-state index contributed by atoms with van der Waals surface area (Å²) >= 11 is 0. The van der Waals surface area contributed by atoms with Gasteiger partial charge in [-0.3, -0.25) is 14.3 Å². The van der Waals surface area contributed by atoms with E-state index < -0.39 is 33.2 Å². The van der Waals surface area contributed by atoms with E-state index in [1.54, 1.807) is 0 Å². The molecule has 1 saturated carbocycles. The fourth-order valence-corrected chi connectivity index (χ4v) is 6.49. The Morgan fingerprint density at radius 3 is 2.40 bits per heavy atom. The van der Waals surface area contributed by atoms with Gasteiger partial charge in [-0.2, -0.15) is 21.6 Å². The van der Waals surface area contributed by atoms with E-state index in [0.29, 0.717) is 36.5 Å². The number of rotatable bonds is 10. The highest BCUT2D eigenvalue weighted by atomic mass is 32.2. The minimum atomic E-state index is -5.74. The van der Waals surface area contributed by atoms with Crippen molar-refractivity contribution in [2.75, 3.05) is 18.3 Å². The summed E-state index contributed by atoms with van der Waals surface area (Å²) < 4.78 is 64.2. The first kappa shape index (κ1) is 32.2. The zero-order chi connectivity index (χ0) is 30.0. The number of nitrogens with zero attached hydrogens (tertiary/aromatic N) is 2. The minimum Gasteiger partial charge on any atom is -0.340 e. The predicted molar refractivity (Wildman–Crippen MR) is 149 cm³/mol. The van der Waals surface area contributed by atoms with Gasteiger partial charge < -0.3 is 15.1 Å². The molecule has 1 saturated heterocycles. The van der Waals surface area contributed by atoms with Crippen molar-refractivity contribution < 1.29 is 31.2 Å². The van der Waals surface area contributed by atoms with E-state index in [9.17, 15) is 31.2 Å². The highest BCUT2D eigenvalue weighted by Crippen LogP contribution is 2.36. The maximum Gasteiger partial charge on any atom is 0.516 e. The molecule has 0 radical (unpaired) electrons. The number of carbonyl (C=O) groups is 2. The van der Waals surface area contributed by atoms with Crippen LogP contribution in [0.5, 0.6) is 0 Å². The molecule has 1 aliphatic heterocycles. The predicted octanol–water partition coefficient (Wildman–Crippen LogP) is 5.08. The van der Waals surface area contributed by atoms with Gasteiger partial charge in [-0.1, -0.05) is 33.3 Å².